The Bertz CT molecular complexity index is 990. The lowest BCUT2D eigenvalue weighted by molar-refractivity contribution is -0.137. The maximum atomic E-state index is 12.7. The van der Waals surface area contributed by atoms with Crippen LogP contribution in [0.3, 0.4) is 0 Å². The fraction of sp³-hybridized carbons (Fsp3) is 0.423. The van der Waals surface area contributed by atoms with Crippen LogP contribution in [0, 0.1) is 5.41 Å². The molecule has 0 radical (unpaired) electrons. The quantitative estimate of drug-likeness (QED) is 0.401. The Hall–Kier alpha value is -3.39. The molecule has 4 N–H and O–H groups in total. The molecule has 0 saturated heterocycles. The predicted molar refractivity (Wildman–Crippen MR) is 127 cm³/mol. The fourth-order valence-electron chi connectivity index (χ4n) is 4.16. The molecule has 3 rings (SSSR count). The number of carboxylic acids is 1. The van der Waals surface area contributed by atoms with E-state index in [2.05, 4.69) is 10.6 Å². The molecule has 1 aliphatic rings. The first kappa shape index (κ1) is 25.2. The third-order valence-corrected chi connectivity index (χ3v) is 6.13. The van der Waals surface area contributed by atoms with Gasteiger partial charge in [0.05, 0.1) is 0 Å². The van der Waals surface area contributed by atoms with E-state index in [1.807, 2.05) is 62.4 Å². The highest BCUT2D eigenvalue weighted by Gasteiger charge is 2.30. The van der Waals surface area contributed by atoms with Crippen molar-refractivity contribution in [2.75, 3.05) is 19.8 Å². The minimum absolute atomic E-state index is 0.0106. The molecule has 1 aliphatic carbocycles. The van der Waals surface area contributed by atoms with Crippen molar-refractivity contribution >= 4 is 18.0 Å². The highest BCUT2D eigenvalue weighted by Crippen LogP contribution is 2.44. The molecule has 0 saturated carbocycles. The van der Waals surface area contributed by atoms with Crippen molar-refractivity contribution in [2.24, 2.45) is 5.41 Å². The van der Waals surface area contributed by atoms with Crippen molar-refractivity contribution in [2.45, 2.75) is 45.1 Å². The van der Waals surface area contributed by atoms with Crippen LogP contribution in [0.5, 0.6) is 0 Å². The van der Waals surface area contributed by atoms with E-state index < -0.39 is 24.0 Å². The van der Waals surface area contributed by atoms with E-state index in [0.717, 1.165) is 22.3 Å². The second-order valence-electron chi connectivity index (χ2n) is 9.31. The smallest absolute Gasteiger partial charge is 0.407 e. The Labute approximate surface area is 199 Å². The van der Waals surface area contributed by atoms with Crippen LogP contribution in [0.2, 0.25) is 0 Å². The third-order valence-electron chi connectivity index (χ3n) is 6.13. The van der Waals surface area contributed by atoms with Crippen LogP contribution in [-0.4, -0.2) is 54.0 Å². The second-order valence-corrected chi connectivity index (χ2v) is 9.31. The van der Waals surface area contributed by atoms with Crippen molar-refractivity contribution in [1.82, 2.24) is 10.6 Å². The van der Waals surface area contributed by atoms with Gasteiger partial charge in [-0.1, -0.05) is 62.4 Å². The Morgan fingerprint density at radius 1 is 1.03 bits per heavy atom. The van der Waals surface area contributed by atoms with Gasteiger partial charge in [-0.3, -0.25) is 9.59 Å². The van der Waals surface area contributed by atoms with Gasteiger partial charge in [0.1, 0.15) is 12.6 Å². The number of amides is 2. The average molecular weight is 469 g/mol. The van der Waals surface area contributed by atoms with E-state index in [9.17, 15) is 14.4 Å². The molecule has 2 aromatic rings. The lowest BCUT2D eigenvalue weighted by Gasteiger charge is -2.26. The molecule has 0 bridgehead atoms. The first-order valence-corrected chi connectivity index (χ1v) is 11.4. The van der Waals surface area contributed by atoms with Crippen LogP contribution in [0.25, 0.3) is 11.1 Å². The van der Waals surface area contributed by atoms with Crippen LogP contribution < -0.4 is 10.6 Å². The summed E-state index contributed by atoms with van der Waals surface area (Å²) < 4.78 is 5.50. The average Bonchev–Trinajstić information content (AvgIpc) is 3.12. The van der Waals surface area contributed by atoms with Crippen molar-refractivity contribution in [1.29, 1.82) is 0 Å². The maximum Gasteiger partial charge on any atom is 0.407 e. The van der Waals surface area contributed by atoms with Crippen molar-refractivity contribution < 1.29 is 29.3 Å². The van der Waals surface area contributed by atoms with E-state index in [1.165, 1.54) is 0 Å². The molecule has 1 unspecified atom stereocenters. The number of alkyl carbamates (subject to hydrolysis) is 1. The van der Waals surface area contributed by atoms with Crippen LogP contribution in [0.15, 0.2) is 48.5 Å². The van der Waals surface area contributed by atoms with E-state index in [1.54, 1.807) is 0 Å². The van der Waals surface area contributed by atoms with Crippen molar-refractivity contribution in [3.8, 4) is 11.1 Å². The summed E-state index contributed by atoms with van der Waals surface area (Å²) in [5.74, 6) is -1.67. The minimum Gasteiger partial charge on any atom is -0.481 e. The fourth-order valence-corrected chi connectivity index (χ4v) is 4.16. The number of aliphatic hydroxyl groups excluding tert-OH is 1. The number of nitrogens with one attached hydrogen (secondary N) is 2. The zero-order valence-electron chi connectivity index (χ0n) is 19.5. The Balaban J connectivity index is 1.63. The monoisotopic (exact) mass is 468 g/mol. The lowest BCUT2D eigenvalue weighted by Crippen LogP contribution is -2.49. The highest BCUT2D eigenvalue weighted by molar-refractivity contribution is 5.86. The second kappa shape index (κ2) is 11.2. The molecular formula is C26H32N2O6. The molecule has 2 amide bonds. The topological polar surface area (TPSA) is 125 Å². The van der Waals surface area contributed by atoms with E-state index in [4.69, 9.17) is 14.9 Å². The first-order chi connectivity index (χ1) is 16.2. The molecule has 0 heterocycles. The normalized spacial score (nSPS) is 13.5. The molecule has 0 spiro atoms. The SMILES string of the molecule is CC(C)(CCO)CNC(=O)C(CCC(=O)O)NC(=O)OCC1c2ccccc2-c2ccccc21. The van der Waals surface area contributed by atoms with Gasteiger partial charge in [-0.2, -0.15) is 0 Å². The standard InChI is InChI=1S/C26H32N2O6/c1-26(2,13-14-29)16-27-24(32)22(11-12-23(30)31)28-25(33)34-15-21-19-9-5-3-7-17(19)18-8-4-6-10-20(18)21/h3-10,21-22,29H,11-16H2,1-2H3,(H,27,32)(H,28,33)(H,30,31). The predicted octanol–water partition coefficient (Wildman–Crippen LogP) is 3.28. The number of carboxylic acid groups (broad SMARTS) is 1. The molecule has 0 fully saturated rings. The van der Waals surface area contributed by atoms with Crippen LogP contribution >= 0.6 is 0 Å². The number of hydrogen-bond donors (Lipinski definition) is 4. The van der Waals surface area contributed by atoms with Crippen LogP contribution in [0.4, 0.5) is 4.79 Å². The lowest BCUT2D eigenvalue weighted by atomic mass is 9.89. The number of benzene rings is 2. The van der Waals surface area contributed by atoms with Crippen LogP contribution in [-0.2, 0) is 14.3 Å². The van der Waals surface area contributed by atoms with Gasteiger partial charge >= 0.3 is 12.1 Å². The number of carbonyl (C=O) groups excluding carboxylic acids is 2. The third kappa shape index (κ3) is 6.35. The van der Waals surface area contributed by atoms with Gasteiger partial charge in [0.2, 0.25) is 5.91 Å². The summed E-state index contributed by atoms with van der Waals surface area (Å²) in [6.07, 6.45) is -0.623. The number of fused-ring (bicyclic) bond motifs is 3. The molecular weight excluding hydrogens is 436 g/mol. The molecule has 2 aromatic carbocycles. The van der Waals surface area contributed by atoms with Gasteiger partial charge in [-0.15, -0.1) is 0 Å². The summed E-state index contributed by atoms with van der Waals surface area (Å²) in [5.41, 5.74) is 4.02. The number of carbonyl (C=O) groups is 3. The van der Waals surface area contributed by atoms with E-state index in [0.29, 0.717) is 6.42 Å². The zero-order valence-corrected chi connectivity index (χ0v) is 19.5. The van der Waals surface area contributed by atoms with E-state index >= 15 is 0 Å². The first-order valence-electron chi connectivity index (χ1n) is 11.4. The minimum atomic E-state index is -1.06. The molecule has 0 aliphatic heterocycles. The Morgan fingerprint density at radius 2 is 1.62 bits per heavy atom. The number of rotatable bonds is 11. The summed E-state index contributed by atoms with van der Waals surface area (Å²) >= 11 is 0. The summed E-state index contributed by atoms with van der Waals surface area (Å²) in [6.45, 7) is 4.16. The Morgan fingerprint density at radius 3 is 2.18 bits per heavy atom. The summed E-state index contributed by atoms with van der Waals surface area (Å²) in [5, 5.41) is 23.5. The Kier molecular flexibility index (Phi) is 8.28. The summed E-state index contributed by atoms with van der Waals surface area (Å²) in [4.78, 5) is 36.3. The van der Waals surface area contributed by atoms with Gasteiger partial charge in [0, 0.05) is 25.5 Å². The highest BCUT2D eigenvalue weighted by atomic mass is 16.5. The maximum absolute atomic E-state index is 12.7. The molecule has 182 valence electrons. The van der Waals surface area contributed by atoms with Crippen molar-refractivity contribution in [3.05, 3.63) is 59.7 Å². The summed E-state index contributed by atoms with van der Waals surface area (Å²) in [7, 11) is 0. The van der Waals surface area contributed by atoms with Gasteiger partial charge in [0.15, 0.2) is 0 Å². The number of ether oxygens (including phenoxy) is 1. The largest absolute Gasteiger partial charge is 0.481 e. The van der Waals surface area contributed by atoms with E-state index in [-0.39, 0.29) is 43.9 Å². The zero-order chi connectivity index (χ0) is 24.7. The van der Waals surface area contributed by atoms with Gasteiger partial charge in [0.25, 0.3) is 0 Å². The van der Waals surface area contributed by atoms with Gasteiger partial charge < -0.3 is 25.6 Å². The number of aliphatic carboxylic acids is 1. The number of hydrogen-bond acceptors (Lipinski definition) is 5. The molecule has 8 heteroatoms. The molecule has 8 nitrogen and oxygen atoms in total. The van der Waals surface area contributed by atoms with Crippen LogP contribution in [0.1, 0.15) is 50.2 Å². The van der Waals surface area contributed by atoms with Gasteiger partial charge in [-0.05, 0) is 40.5 Å². The van der Waals surface area contributed by atoms with Gasteiger partial charge in [-0.25, -0.2) is 4.79 Å². The molecule has 1 atom stereocenters. The number of aliphatic hydroxyl groups is 1. The van der Waals surface area contributed by atoms with Crippen molar-refractivity contribution in [3.63, 3.8) is 0 Å². The molecule has 34 heavy (non-hydrogen) atoms. The summed E-state index contributed by atoms with van der Waals surface area (Å²) in [6, 6.07) is 14.9. The molecule has 0 aromatic heterocycles.